The monoisotopic (exact) mass is 222 g/mol. The number of aliphatic hydroxyl groups is 1. The molecule has 0 aromatic heterocycles. The Morgan fingerprint density at radius 3 is 1.94 bits per heavy atom. The van der Waals surface area contributed by atoms with Crippen molar-refractivity contribution in [1.29, 1.82) is 0 Å². The minimum absolute atomic E-state index is 0.380. The van der Waals surface area contributed by atoms with Crippen molar-refractivity contribution in [3.63, 3.8) is 0 Å². The molecule has 1 unspecified atom stereocenters. The van der Waals surface area contributed by atoms with Gasteiger partial charge in [0.05, 0.1) is 6.10 Å². The van der Waals surface area contributed by atoms with Crippen LogP contribution < -0.4 is 11.5 Å². The summed E-state index contributed by atoms with van der Waals surface area (Å²) in [4.78, 5) is 0. The summed E-state index contributed by atoms with van der Waals surface area (Å²) in [6, 6.07) is 6.22. The maximum Gasteiger partial charge on any atom is 0.0787 e. The number of hydrogen-bond donors (Lipinski definition) is 3. The van der Waals surface area contributed by atoms with E-state index in [0.29, 0.717) is 13.1 Å². The van der Waals surface area contributed by atoms with E-state index in [4.69, 9.17) is 11.5 Å². The summed E-state index contributed by atoms with van der Waals surface area (Å²) in [6.45, 7) is 3.24. The molecule has 1 rings (SSSR count). The number of nitrogens with two attached hydrogens (primary N) is 2. The van der Waals surface area contributed by atoms with Crippen LogP contribution in [0.5, 0.6) is 0 Å². The van der Waals surface area contributed by atoms with Crippen molar-refractivity contribution < 1.29 is 5.11 Å². The maximum atomic E-state index is 9.85. The van der Waals surface area contributed by atoms with E-state index in [1.165, 1.54) is 11.1 Å². The van der Waals surface area contributed by atoms with Crippen molar-refractivity contribution >= 4 is 0 Å². The number of benzene rings is 1. The molecule has 0 amide bonds. The molecule has 0 aliphatic heterocycles. The smallest absolute Gasteiger partial charge is 0.0787 e. The van der Waals surface area contributed by atoms with Crippen LogP contribution in [0.4, 0.5) is 0 Å². The molecule has 1 aromatic carbocycles. The molecule has 16 heavy (non-hydrogen) atoms. The molecule has 0 spiro atoms. The highest BCUT2D eigenvalue weighted by molar-refractivity contribution is 5.32. The lowest BCUT2D eigenvalue weighted by atomic mass is 9.98. The number of rotatable bonds is 6. The fourth-order valence-corrected chi connectivity index (χ4v) is 1.84. The van der Waals surface area contributed by atoms with Gasteiger partial charge in [-0.2, -0.15) is 0 Å². The van der Waals surface area contributed by atoms with Gasteiger partial charge >= 0.3 is 0 Å². The second kappa shape index (κ2) is 6.63. The van der Waals surface area contributed by atoms with Crippen LogP contribution in [0.15, 0.2) is 18.2 Å². The summed E-state index contributed by atoms with van der Waals surface area (Å²) >= 11 is 0. The Labute approximate surface area is 97.5 Å². The van der Waals surface area contributed by atoms with Crippen LogP contribution in [0, 0.1) is 0 Å². The quantitative estimate of drug-likeness (QED) is 0.675. The van der Waals surface area contributed by atoms with Gasteiger partial charge in [-0.15, -0.1) is 0 Å². The van der Waals surface area contributed by atoms with E-state index in [2.05, 4.69) is 6.07 Å². The lowest BCUT2D eigenvalue weighted by Crippen LogP contribution is -2.08. The third kappa shape index (κ3) is 3.59. The van der Waals surface area contributed by atoms with Crippen LogP contribution in [0.1, 0.15) is 36.1 Å². The summed E-state index contributed by atoms with van der Waals surface area (Å²) in [5.74, 6) is 0. The Hall–Kier alpha value is -0.900. The van der Waals surface area contributed by atoms with Gasteiger partial charge in [-0.3, -0.25) is 0 Å². The van der Waals surface area contributed by atoms with E-state index < -0.39 is 0 Å². The molecule has 0 saturated heterocycles. The van der Waals surface area contributed by atoms with Crippen molar-refractivity contribution in [3.05, 3.63) is 34.9 Å². The van der Waals surface area contributed by atoms with Crippen molar-refractivity contribution in [2.24, 2.45) is 11.5 Å². The average Bonchev–Trinajstić information content (AvgIpc) is 2.28. The second-order valence-electron chi connectivity index (χ2n) is 4.08. The number of hydrogen-bond acceptors (Lipinski definition) is 3. The third-order valence-electron chi connectivity index (χ3n) is 2.71. The molecule has 3 nitrogen and oxygen atoms in total. The van der Waals surface area contributed by atoms with E-state index in [0.717, 1.165) is 24.8 Å². The van der Waals surface area contributed by atoms with Crippen molar-refractivity contribution in [2.45, 2.75) is 32.3 Å². The molecule has 1 aromatic rings. The first-order valence-corrected chi connectivity index (χ1v) is 5.92. The summed E-state index contributed by atoms with van der Waals surface area (Å²) in [5, 5.41) is 9.85. The lowest BCUT2D eigenvalue weighted by Gasteiger charge is -2.13. The van der Waals surface area contributed by atoms with Gasteiger partial charge in [0.2, 0.25) is 0 Å². The SMILES string of the molecule is CCC(O)c1cc(CCN)cc(CCN)c1. The molecule has 0 fully saturated rings. The van der Waals surface area contributed by atoms with Gasteiger partial charge in [-0.05, 0) is 49.0 Å². The van der Waals surface area contributed by atoms with Crippen LogP contribution in [0.25, 0.3) is 0 Å². The van der Waals surface area contributed by atoms with Gasteiger partial charge in [-0.25, -0.2) is 0 Å². The highest BCUT2D eigenvalue weighted by Crippen LogP contribution is 2.20. The largest absolute Gasteiger partial charge is 0.388 e. The summed E-state index contributed by atoms with van der Waals surface area (Å²) in [6.07, 6.45) is 2.05. The predicted molar refractivity (Wildman–Crippen MR) is 67.2 cm³/mol. The van der Waals surface area contributed by atoms with E-state index in [9.17, 15) is 5.11 Å². The first-order valence-electron chi connectivity index (χ1n) is 5.92. The van der Waals surface area contributed by atoms with Gasteiger partial charge in [-0.1, -0.05) is 25.1 Å². The fraction of sp³-hybridized carbons (Fsp3) is 0.538. The molecule has 0 aliphatic rings. The molecule has 1 atom stereocenters. The van der Waals surface area contributed by atoms with Crippen LogP contribution in [-0.2, 0) is 12.8 Å². The first kappa shape index (κ1) is 13.2. The highest BCUT2D eigenvalue weighted by Gasteiger charge is 2.07. The Balaban J connectivity index is 2.97. The van der Waals surface area contributed by atoms with Crippen molar-refractivity contribution in [3.8, 4) is 0 Å². The Bertz CT molecular complexity index is 301. The van der Waals surface area contributed by atoms with Crippen LogP contribution in [0.2, 0.25) is 0 Å². The van der Waals surface area contributed by atoms with Crippen LogP contribution in [-0.4, -0.2) is 18.2 Å². The van der Waals surface area contributed by atoms with E-state index in [1.54, 1.807) is 0 Å². The topological polar surface area (TPSA) is 72.3 Å². The molecule has 5 N–H and O–H groups in total. The molecule has 0 radical (unpaired) electrons. The molecule has 0 bridgehead atoms. The van der Waals surface area contributed by atoms with Gasteiger partial charge in [0.1, 0.15) is 0 Å². The second-order valence-corrected chi connectivity index (χ2v) is 4.08. The van der Waals surface area contributed by atoms with Gasteiger partial charge in [0.25, 0.3) is 0 Å². The minimum atomic E-state index is -0.380. The molecule has 3 heteroatoms. The van der Waals surface area contributed by atoms with Crippen molar-refractivity contribution in [2.75, 3.05) is 13.1 Å². The third-order valence-corrected chi connectivity index (χ3v) is 2.71. The zero-order chi connectivity index (χ0) is 12.0. The van der Waals surface area contributed by atoms with E-state index >= 15 is 0 Å². The van der Waals surface area contributed by atoms with Crippen LogP contribution in [0.3, 0.4) is 0 Å². The van der Waals surface area contributed by atoms with Crippen molar-refractivity contribution in [1.82, 2.24) is 0 Å². The summed E-state index contributed by atoms with van der Waals surface area (Å²) < 4.78 is 0. The minimum Gasteiger partial charge on any atom is -0.388 e. The predicted octanol–water partition coefficient (Wildman–Crippen LogP) is 1.13. The fourth-order valence-electron chi connectivity index (χ4n) is 1.84. The maximum absolute atomic E-state index is 9.85. The highest BCUT2D eigenvalue weighted by atomic mass is 16.3. The normalized spacial score (nSPS) is 12.8. The average molecular weight is 222 g/mol. The molecule has 90 valence electrons. The Morgan fingerprint density at radius 1 is 1.06 bits per heavy atom. The van der Waals surface area contributed by atoms with Gasteiger partial charge in [0.15, 0.2) is 0 Å². The summed E-state index contributed by atoms with van der Waals surface area (Å²) in [7, 11) is 0. The molecular weight excluding hydrogens is 200 g/mol. The lowest BCUT2D eigenvalue weighted by molar-refractivity contribution is 0.173. The molecule has 0 saturated carbocycles. The molecular formula is C13H22N2O. The zero-order valence-corrected chi connectivity index (χ0v) is 9.95. The molecule has 0 heterocycles. The van der Waals surface area contributed by atoms with Gasteiger partial charge in [0, 0.05) is 0 Å². The Morgan fingerprint density at radius 2 is 1.56 bits per heavy atom. The standard InChI is InChI=1S/C13H22N2O/c1-2-13(16)12-8-10(3-5-14)7-11(9-12)4-6-15/h7-9,13,16H,2-6,14-15H2,1H3. The first-order chi connectivity index (χ1) is 7.71. The van der Waals surface area contributed by atoms with E-state index in [-0.39, 0.29) is 6.10 Å². The van der Waals surface area contributed by atoms with Gasteiger partial charge < -0.3 is 16.6 Å². The molecule has 0 aliphatic carbocycles. The van der Waals surface area contributed by atoms with E-state index in [1.807, 2.05) is 19.1 Å². The van der Waals surface area contributed by atoms with Crippen LogP contribution >= 0.6 is 0 Å². The number of aliphatic hydroxyl groups excluding tert-OH is 1. The summed E-state index contributed by atoms with van der Waals surface area (Å²) in [5.41, 5.74) is 14.5. The Kier molecular flexibility index (Phi) is 5.46. The zero-order valence-electron chi connectivity index (χ0n) is 9.95.